The summed E-state index contributed by atoms with van der Waals surface area (Å²) in [6.07, 6.45) is 2.48. The predicted octanol–water partition coefficient (Wildman–Crippen LogP) is 0.443. The molecular formula is C14H20N2O4. The number of hydrogen-bond donors (Lipinski definition) is 3. The van der Waals surface area contributed by atoms with Crippen molar-refractivity contribution in [2.75, 3.05) is 19.8 Å². The molecule has 1 aromatic carbocycles. The van der Waals surface area contributed by atoms with Gasteiger partial charge in [-0.3, -0.25) is 9.59 Å². The van der Waals surface area contributed by atoms with Gasteiger partial charge in [0.2, 0.25) is 0 Å². The Labute approximate surface area is 117 Å². The van der Waals surface area contributed by atoms with Crippen molar-refractivity contribution < 1.29 is 19.4 Å². The van der Waals surface area contributed by atoms with Gasteiger partial charge in [0.05, 0.1) is 0 Å². The Bertz CT molecular complexity index is 431. The molecule has 0 aliphatic rings. The second kappa shape index (κ2) is 8.92. The fourth-order valence-corrected chi connectivity index (χ4v) is 1.57. The number of carbonyl (C=O) groups is 2. The van der Waals surface area contributed by atoms with E-state index in [1.54, 1.807) is 24.3 Å². The number of amides is 2. The van der Waals surface area contributed by atoms with E-state index in [2.05, 4.69) is 5.32 Å². The summed E-state index contributed by atoms with van der Waals surface area (Å²) in [6.45, 7) is 0.579. The van der Waals surface area contributed by atoms with Crippen molar-refractivity contribution in [3.63, 3.8) is 0 Å². The molecule has 6 nitrogen and oxygen atoms in total. The van der Waals surface area contributed by atoms with E-state index in [9.17, 15) is 9.59 Å². The number of primary amides is 1. The molecule has 110 valence electrons. The third kappa shape index (κ3) is 6.19. The quantitative estimate of drug-likeness (QED) is 0.571. The van der Waals surface area contributed by atoms with E-state index in [1.807, 2.05) is 0 Å². The number of carbonyl (C=O) groups excluding carboxylic acids is 2. The van der Waals surface area contributed by atoms with Crippen molar-refractivity contribution in [1.82, 2.24) is 5.32 Å². The Morgan fingerprint density at radius 3 is 2.45 bits per heavy atom. The van der Waals surface area contributed by atoms with Gasteiger partial charge in [-0.05, 0) is 43.5 Å². The maximum absolute atomic E-state index is 11.8. The Morgan fingerprint density at radius 1 is 1.15 bits per heavy atom. The highest BCUT2D eigenvalue weighted by Crippen LogP contribution is 2.12. The molecule has 20 heavy (non-hydrogen) atoms. The van der Waals surface area contributed by atoms with E-state index in [1.165, 1.54) is 0 Å². The van der Waals surface area contributed by atoms with Crippen molar-refractivity contribution >= 4 is 11.8 Å². The number of benzene rings is 1. The molecule has 1 rings (SSSR count). The molecule has 0 spiro atoms. The fourth-order valence-electron chi connectivity index (χ4n) is 1.57. The first kappa shape index (κ1) is 16.0. The smallest absolute Gasteiger partial charge is 0.255 e. The van der Waals surface area contributed by atoms with Crippen molar-refractivity contribution in [2.45, 2.75) is 19.3 Å². The molecule has 0 heterocycles. The lowest BCUT2D eigenvalue weighted by Crippen LogP contribution is -2.24. The number of aliphatic hydroxyl groups is 1. The molecule has 6 heteroatoms. The Morgan fingerprint density at radius 2 is 1.85 bits per heavy atom. The summed E-state index contributed by atoms with van der Waals surface area (Å²) in [4.78, 5) is 22.3. The van der Waals surface area contributed by atoms with Crippen LogP contribution >= 0.6 is 0 Å². The maximum Gasteiger partial charge on any atom is 0.255 e. The number of nitrogens with two attached hydrogens (primary N) is 1. The average Bonchev–Trinajstić information content (AvgIpc) is 2.45. The van der Waals surface area contributed by atoms with Crippen LogP contribution in [0, 0.1) is 0 Å². The zero-order valence-electron chi connectivity index (χ0n) is 11.3. The number of rotatable bonds is 9. The third-order valence-electron chi connectivity index (χ3n) is 2.62. The molecule has 0 fully saturated rings. The first-order valence-electron chi connectivity index (χ1n) is 6.53. The van der Waals surface area contributed by atoms with Crippen LogP contribution in [0.3, 0.4) is 0 Å². The van der Waals surface area contributed by atoms with Crippen molar-refractivity contribution in [2.24, 2.45) is 5.73 Å². The van der Waals surface area contributed by atoms with Gasteiger partial charge in [-0.1, -0.05) is 0 Å². The molecule has 0 saturated heterocycles. The van der Waals surface area contributed by atoms with Gasteiger partial charge in [0.1, 0.15) is 5.75 Å². The average molecular weight is 280 g/mol. The fraction of sp³-hybridized carbons (Fsp3) is 0.429. The van der Waals surface area contributed by atoms with E-state index >= 15 is 0 Å². The van der Waals surface area contributed by atoms with Crippen LogP contribution in [0.1, 0.15) is 29.6 Å². The lowest BCUT2D eigenvalue weighted by atomic mass is 10.2. The van der Waals surface area contributed by atoms with Crippen molar-refractivity contribution in [3.8, 4) is 5.75 Å². The van der Waals surface area contributed by atoms with E-state index in [-0.39, 0.29) is 19.1 Å². The minimum atomic E-state index is -0.547. The van der Waals surface area contributed by atoms with Gasteiger partial charge < -0.3 is 20.9 Å². The highest BCUT2D eigenvalue weighted by Gasteiger charge is 2.05. The lowest BCUT2D eigenvalue weighted by Gasteiger charge is -2.06. The normalized spacial score (nSPS) is 10.1. The largest absolute Gasteiger partial charge is 0.484 e. The number of ether oxygens (including phenoxy) is 1. The first-order valence-corrected chi connectivity index (χ1v) is 6.53. The lowest BCUT2D eigenvalue weighted by molar-refractivity contribution is -0.119. The van der Waals surface area contributed by atoms with Crippen LogP contribution in [-0.2, 0) is 4.79 Å². The van der Waals surface area contributed by atoms with Gasteiger partial charge >= 0.3 is 0 Å². The summed E-state index contributed by atoms with van der Waals surface area (Å²) in [5.41, 5.74) is 5.49. The van der Waals surface area contributed by atoms with Crippen LogP contribution in [-0.4, -0.2) is 36.7 Å². The molecule has 2 amide bonds. The minimum absolute atomic E-state index is 0.157. The van der Waals surface area contributed by atoms with E-state index in [0.29, 0.717) is 17.9 Å². The van der Waals surface area contributed by atoms with Crippen LogP contribution in [0.15, 0.2) is 24.3 Å². The molecular weight excluding hydrogens is 260 g/mol. The van der Waals surface area contributed by atoms with Crippen LogP contribution in [0.2, 0.25) is 0 Å². The molecule has 1 aromatic rings. The van der Waals surface area contributed by atoms with Crippen LogP contribution in [0.25, 0.3) is 0 Å². The molecule has 0 bridgehead atoms. The van der Waals surface area contributed by atoms with Gasteiger partial charge in [-0.15, -0.1) is 0 Å². The van der Waals surface area contributed by atoms with Gasteiger partial charge in [0.15, 0.2) is 6.61 Å². The summed E-state index contributed by atoms with van der Waals surface area (Å²) >= 11 is 0. The second-order valence-corrected chi connectivity index (χ2v) is 4.32. The second-order valence-electron chi connectivity index (χ2n) is 4.32. The zero-order valence-corrected chi connectivity index (χ0v) is 11.3. The Kier molecular flexibility index (Phi) is 7.13. The van der Waals surface area contributed by atoms with Crippen molar-refractivity contribution in [3.05, 3.63) is 29.8 Å². The van der Waals surface area contributed by atoms with E-state index in [0.717, 1.165) is 19.3 Å². The van der Waals surface area contributed by atoms with Crippen LogP contribution in [0.4, 0.5) is 0 Å². The Balaban J connectivity index is 2.35. The monoisotopic (exact) mass is 280 g/mol. The van der Waals surface area contributed by atoms with Crippen molar-refractivity contribution in [1.29, 1.82) is 0 Å². The molecule has 0 radical (unpaired) electrons. The van der Waals surface area contributed by atoms with Gasteiger partial charge in [-0.2, -0.15) is 0 Å². The summed E-state index contributed by atoms with van der Waals surface area (Å²) in [7, 11) is 0. The Hall–Kier alpha value is -2.08. The summed E-state index contributed by atoms with van der Waals surface area (Å²) < 4.78 is 5.10. The first-order chi connectivity index (χ1) is 9.63. The number of aliphatic hydroxyl groups excluding tert-OH is 1. The SMILES string of the molecule is NC(=O)COc1ccc(C(=O)NCCCCCO)cc1. The third-order valence-corrected chi connectivity index (χ3v) is 2.62. The number of hydrogen-bond acceptors (Lipinski definition) is 4. The maximum atomic E-state index is 11.8. The van der Waals surface area contributed by atoms with Gasteiger partial charge in [-0.25, -0.2) is 0 Å². The zero-order chi connectivity index (χ0) is 14.8. The highest BCUT2D eigenvalue weighted by molar-refractivity contribution is 5.94. The standard InChI is InChI=1S/C14H20N2O4/c15-13(18)10-20-12-6-4-11(5-7-12)14(19)16-8-2-1-3-9-17/h4-7,17H,1-3,8-10H2,(H2,15,18)(H,16,19). The molecule has 4 N–H and O–H groups in total. The van der Waals surface area contributed by atoms with Crippen LogP contribution in [0.5, 0.6) is 5.75 Å². The summed E-state index contributed by atoms with van der Waals surface area (Å²) in [6, 6.07) is 6.48. The summed E-state index contributed by atoms with van der Waals surface area (Å²) in [5.74, 6) is -0.214. The van der Waals surface area contributed by atoms with Gasteiger partial charge in [0.25, 0.3) is 11.8 Å². The predicted molar refractivity (Wildman–Crippen MR) is 74.4 cm³/mol. The molecule has 0 atom stereocenters. The summed E-state index contributed by atoms with van der Waals surface area (Å²) in [5, 5.41) is 11.4. The van der Waals surface area contributed by atoms with Gasteiger partial charge in [0, 0.05) is 18.7 Å². The molecule has 0 saturated carbocycles. The molecule has 0 unspecified atom stereocenters. The van der Waals surface area contributed by atoms with E-state index < -0.39 is 5.91 Å². The topological polar surface area (TPSA) is 102 Å². The number of unbranched alkanes of at least 4 members (excludes halogenated alkanes) is 2. The number of nitrogens with one attached hydrogen (secondary N) is 1. The minimum Gasteiger partial charge on any atom is -0.484 e. The highest BCUT2D eigenvalue weighted by atomic mass is 16.5. The molecule has 0 aliphatic heterocycles. The van der Waals surface area contributed by atoms with E-state index in [4.69, 9.17) is 15.6 Å². The molecule has 0 aromatic heterocycles. The molecule has 0 aliphatic carbocycles. The van der Waals surface area contributed by atoms with Crippen LogP contribution < -0.4 is 15.8 Å².